The van der Waals surface area contributed by atoms with Gasteiger partial charge in [0.15, 0.2) is 0 Å². The van der Waals surface area contributed by atoms with Crippen LogP contribution in [0.3, 0.4) is 0 Å². The van der Waals surface area contributed by atoms with E-state index in [1.54, 1.807) is 19.1 Å². The predicted molar refractivity (Wildman–Crippen MR) is 93.8 cm³/mol. The molecule has 2 heterocycles. The lowest BCUT2D eigenvalue weighted by Crippen LogP contribution is -2.59. The van der Waals surface area contributed by atoms with E-state index in [1.165, 1.54) is 4.31 Å². The first-order valence-corrected chi connectivity index (χ1v) is 10.1. The Labute approximate surface area is 149 Å². The minimum atomic E-state index is -3.53. The smallest absolute Gasteiger partial charge is 0.243 e. The van der Waals surface area contributed by atoms with Crippen LogP contribution in [0.4, 0.5) is 0 Å². The van der Waals surface area contributed by atoms with Gasteiger partial charge in [-0.1, -0.05) is 6.07 Å². The molecule has 1 spiro atoms. The van der Waals surface area contributed by atoms with E-state index < -0.39 is 27.3 Å². The van der Waals surface area contributed by atoms with Crippen LogP contribution in [0.1, 0.15) is 37.3 Å². The number of aliphatic hydroxyl groups excluding tert-OH is 1. The Morgan fingerprint density at radius 2 is 1.84 bits per heavy atom. The van der Waals surface area contributed by atoms with Gasteiger partial charge in [-0.2, -0.15) is 4.31 Å². The normalized spacial score (nSPS) is 30.5. The molecule has 2 aliphatic heterocycles. The topological polar surface area (TPSA) is 87.1 Å². The Balaban J connectivity index is 1.74. The van der Waals surface area contributed by atoms with Crippen molar-refractivity contribution in [2.75, 3.05) is 19.7 Å². The molecular weight excluding hydrogens is 342 g/mol. The van der Waals surface area contributed by atoms with Gasteiger partial charge in [0.2, 0.25) is 10.0 Å². The van der Waals surface area contributed by atoms with E-state index >= 15 is 0 Å². The third-order valence-corrected chi connectivity index (χ3v) is 7.59. The highest BCUT2D eigenvalue weighted by Gasteiger charge is 2.49. The van der Waals surface area contributed by atoms with Crippen molar-refractivity contribution >= 4 is 10.0 Å². The zero-order valence-corrected chi connectivity index (χ0v) is 15.8. The standard InChI is InChI=1S/C18H27NO5S/c1-13-4-5-15(10-14(13)2)25(22,23)19-8-6-18(7-9-19)12-17(3,21)16(20)11-24-18/h4-5,10,16,20-21H,6-9,11-12H2,1-3H3/t16-,17-/m0/s1. The van der Waals surface area contributed by atoms with Crippen molar-refractivity contribution in [1.29, 1.82) is 0 Å². The summed E-state index contributed by atoms with van der Waals surface area (Å²) < 4.78 is 33.1. The molecule has 2 fully saturated rings. The highest BCUT2D eigenvalue weighted by atomic mass is 32.2. The summed E-state index contributed by atoms with van der Waals surface area (Å²) in [6, 6.07) is 5.20. The summed E-state index contributed by atoms with van der Waals surface area (Å²) in [6.07, 6.45) is 0.439. The molecule has 0 aliphatic carbocycles. The summed E-state index contributed by atoms with van der Waals surface area (Å²) in [5.41, 5.74) is 0.258. The molecule has 2 N–H and O–H groups in total. The summed E-state index contributed by atoms with van der Waals surface area (Å²) in [5.74, 6) is 0. The molecule has 2 saturated heterocycles. The Morgan fingerprint density at radius 1 is 1.20 bits per heavy atom. The third-order valence-electron chi connectivity index (χ3n) is 5.70. The van der Waals surface area contributed by atoms with E-state index in [0.29, 0.717) is 37.2 Å². The first kappa shape index (κ1) is 18.8. The van der Waals surface area contributed by atoms with Crippen LogP contribution in [0.2, 0.25) is 0 Å². The number of sulfonamides is 1. The molecule has 0 amide bonds. The van der Waals surface area contributed by atoms with Crippen LogP contribution >= 0.6 is 0 Å². The molecule has 2 aliphatic rings. The monoisotopic (exact) mass is 369 g/mol. The first-order valence-electron chi connectivity index (χ1n) is 8.68. The molecule has 0 aromatic heterocycles. The molecule has 0 unspecified atom stereocenters. The van der Waals surface area contributed by atoms with Crippen LogP contribution < -0.4 is 0 Å². The van der Waals surface area contributed by atoms with Crippen LogP contribution in [0.25, 0.3) is 0 Å². The van der Waals surface area contributed by atoms with Crippen molar-refractivity contribution < 1.29 is 23.4 Å². The molecule has 1 aromatic rings. The summed E-state index contributed by atoms with van der Waals surface area (Å²) in [6.45, 7) is 6.25. The summed E-state index contributed by atoms with van der Waals surface area (Å²) >= 11 is 0. The first-order chi connectivity index (χ1) is 11.6. The minimum Gasteiger partial charge on any atom is -0.388 e. The summed E-state index contributed by atoms with van der Waals surface area (Å²) in [7, 11) is -3.53. The Kier molecular flexibility index (Phi) is 4.75. The summed E-state index contributed by atoms with van der Waals surface area (Å²) in [5, 5.41) is 20.2. The molecule has 7 heteroatoms. The number of ether oxygens (including phenoxy) is 1. The van der Waals surface area contributed by atoms with Crippen LogP contribution in [0, 0.1) is 13.8 Å². The van der Waals surface area contributed by atoms with Gasteiger partial charge >= 0.3 is 0 Å². The van der Waals surface area contributed by atoms with E-state index in [2.05, 4.69) is 0 Å². The van der Waals surface area contributed by atoms with Gasteiger partial charge in [-0.05, 0) is 56.9 Å². The zero-order chi connectivity index (χ0) is 18.5. The Bertz CT molecular complexity index is 751. The lowest BCUT2D eigenvalue weighted by molar-refractivity contribution is -0.220. The lowest BCUT2D eigenvalue weighted by atomic mass is 9.77. The highest BCUT2D eigenvalue weighted by Crippen LogP contribution is 2.40. The van der Waals surface area contributed by atoms with Crippen molar-refractivity contribution in [3.05, 3.63) is 29.3 Å². The number of aliphatic hydroxyl groups is 2. The second-order valence-electron chi connectivity index (χ2n) is 7.69. The van der Waals surface area contributed by atoms with Gasteiger partial charge in [-0.3, -0.25) is 0 Å². The maximum atomic E-state index is 12.9. The summed E-state index contributed by atoms with van der Waals surface area (Å²) in [4.78, 5) is 0.318. The minimum absolute atomic E-state index is 0.0803. The highest BCUT2D eigenvalue weighted by molar-refractivity contribution is 7.89. The van der Waals surface area contributed by atoms with Crippen molar-refractivity contribution in [3.8, 4) is 0 Å². The predicted octanol–water partition coefficient (Wildman–Crippen LogP) is 1.36. The SMILES string of the molecule is Cc1ccc(S(=O)(=O)N2CCC3(CC2)C[C@](C)(O)[C@@H](O)CO3)cc1C. The van der Waals surface area contributed by atoms with Crippen LogP contribution in [-0.2, 0) is 14.8 Å². The number of piperidine rings is 1. The molecule has 0 saturated carbocycles. The Morgan fingerprint density at radius 3 is 2.40 bits per heavy atom. The Hall–Kier alpha value is -0.990. The molecule has 140 valence electrons. The molecular formula is C18H27NO5S. The number of aryl methyl sites for hydroxylation is 2. The fourth-order valence-electron chi connectivity index (χ4n) is 3.73. The quantitative estimate of drug-likeness (QED) is 0.822. The van der Waals surface area contributed by atoms with Gasteiger partial charge in [0.05, 0.1) is 22.7 Å². The van der Waals surface area contributed by atoms with Crippen LogP contribution in [0.5, 0.6) is 0 Å². The van der Waals surface area contributed by atoms with Crippen LogP contribution in [-0.4, -0.2) is 59.9 Å². The lowest BCUT2D eigenvalue weighted by Gasteiger charge is -2.49. The molecule has 2 atom stereocenters. The second-order valence-corrected chi connectivity index (χ2v) is 9.63. The average molecular weight is 369 g/mol. The fraction of sp³-hybridized carbons (Fsp3) is 0.667. The fourth-order valence-corrected chi connectivity index (χ4v) is 5.26. The van der Waals surface area contributed by atoms with Crippen molar-refractivity contribution in [3.63, 3.8) is 0 Å². The van der Waals surface area contributed by atoms with Gasteiger partial charge in [-0.25, -0.2) is 8.42 Å². The molecule has 0 bridgehead atoms. The number of nitrogens with zero attached hydrogens (tertiary/aromatic N) is 1. The zero-order valence-electron chi connectivity index (χ0n) is 15.0. The number of rotatable bonds is 2. The second kappa shape index (κ2) is 6.32. The maximum absolute atomic E-state index is 12.9. The van der Waals surface area contributed by atoms with E-state index in [0.717, 1.165) is 11.1 Å². The molecule has 0 radical (unpaired) electrons. The number of hydrogen-bond acceptors (Lipinski definition) is 5. The molecule has 3 rings (SSSR count). The van der Waals surface area contributed by atoms with Crippen molar-refractivity contribution in [2.45, 2.75) is 62.2 Å². The van der Waals surface area contributed by atoms with Gasteiger partial charge in [0.25, 0.3) is 0 Å². The third kappa shape index (κ3) is 3.48. The molecule has 25 heavy (non-hydrogen) atoms. The van der Waals surface area contributed by atoms with Crippen molar-refractivity contribution in [1.82, 2.24) is 4.31 Å². The van der Waals surface area contributed by atoms with Gasteiger partial charge in [0.1, 0.15) is 6.10 Å². The number of hydrogen-bond donors (Lipinski definition) is 2. The van der Waals surface area contributed by atoms with Crippen LogP contribution in [0.15, 0.2) is 23.1 Å². The van der Waals surface area contributed by atoms with Gasteiger partial charge in [0, 0.05) is 19.5 Å². The average Bonchev–Trinajstić information content (AvgIpc) is 2.54. The molecule has 6 nitrogen and oxygen atoms in total. The van der Waals surface area contributed by atoms with Crippen molar-refractivity contribution in [2.24, 2.45) is 0 Å². The van der Waals surface area contributed by atoms with E-state index in [1.807, 2.05) is 19.9 Å². The molecule has 1 aromatic carbocycles. The number of benzene rings is 1. The van der Waals surface area contributed by atoms with E-state index in [9.17, 15) is 18.6 Å². The largest absolute Gasteiger partial charge is 0.388 e. The maximum Gasteiger partial charge on any atom is 0.243 e. The van der Waals surface area contributed by atoms with Gasteiger partial charge < -0.3 is 14.9 Å². The van der Waals surface area contributed by atoms with E-state index in [-0.39, 0.29) is 6.61 Å². The van der Waals surface area contributed by atoms with Gasteiger partial charge in [-0.15, -0.1) is 0 Å². The van der Waals surface area contributed by atoms with E-state index in [4.69, 9.17) is 4.74 Å².